The van der Waals surface area contributed by atoms with Crippen LogP contribution in [0.1, 0.15) is 32.8 Å². The van der Waals surface area contributed by atoms with Crippen molar-refractivity contribution in [2.45, 2.75) is 32.6 Å². The van der Waals surface area contributed by atoms with Gasteiger partial charge in [0.05, 0.1) is 15.9 Å². The average molecular weight is 238 g/mol. The summed E-state index contributed by atoms with van der Waals surface area (Å²) in [6.07, 6.45) is 0.714. The largest absolute Gasteiger partial charge is 0.280 e. The number of nitro groups is 2. The lowest BCUT2D eigenvalue weighted by molar-refractivity contribution is -0.394. The molecular formula is C11H14N2O4. The monoisotopic (exact) mass is 238 g/mol. The third kappa shape index (κ3) is 2.58. The van der Waals surface area contributed by atoms with Crippen LogP contribution < -0.4 is 0 Å². The van der Waals surface area contributed by atoms with Crippen molar-refractivity contribution < 1.29 is 9.85 Å². The number of benzene rings is 1. The van der Waals surface area contributed by atoms with Crippen molar-refractivity contribution in [3.05, 3.63) is 44.0 Å². The highest BCUT2D eigenvalue weighted by atomic mass is 16.6. The van der Waals surface area contributed by atoms with Gasteiger partial charge in [0.2, 0.25) is 0 Å². The molecule has 1 rings (SSSR count). The van der Waals surface area contributed by atoms with Crippen molar-refractivity contribution >= 4 is 11.4 Å². The molecule has 0 unspecified atom stereocenters. The minimum atomic E-state index is -0.629. The molecular weight excluding hydrogens is 224 g/mol. The molecule has 6 nitrogen and oxygen atoms in total. The van der Waals surface area contributed by atoms with Crippen LogP contribution in [0.25, 0.3) is 0 Å². The summed E-state index contributed by atoms with van der Waals surface area (Å²) in [5.74, 6) is 0. The molecule has 0 amide bonds. The molecule has 1 aromatic rings. The molecule has 17 heavy (non-hydrogen) atoms. The Kier molecular flexibility index (Phi) is 3.45. The second-order valence-electron chi connectivity index (χ2n) is 4.45. The molecule has 0 spiro atoms. The second-order valence-corrected chi connectivity index (χ2v) is 4.45. The van der Waals surface area contributed by atoms with Crippen LogP contribution in [0.5, 0.6) is 0 Å². The van der Waals surface area contributed by atoms with E-state index >= 15 is 0 Å². The molecule has 1 aromatic carbocycles. The van der Waals surface area contributed by atoms with Crippen LogP contribution in [0, 0.1) is 20.2 Å². The highest BCUT2D eigenvalue weighted by Gasteiger charge is 2.29. The SMILES string of the molecule is CCC(C)(C)c1ccc([N+](=O)[O-])cc1[N+](=O)[O-]. The molecule has 0 aliphatic carbocycles. The van der Waals surface area contributed by atoms with E-state index in [2.05, 4.69) is 0 Å². The van der Waals surface area contributed by atoms with E-state index in [1.807, 2.05) is 20.8 Å². The Morgan fingerprint density at radius 3 is 2.18 bits per heavy atom. The van der Waals surface area contributed by atoms with Gasteiger partial charge in [-0.2, -0.15) is 0 Å². The fraction of sp³-hybridized carbons (Fsp3) is 0.455. The van der Waals surface area contributed by atoms with Crippen molar-refractivity contribution in [2.75, 3.05) is 0 Å². The standard InChI is InChI=1S/C11H14N2O4/c1-4-11(2,3)9-6-5-8(12(14)15)7-10(9)13(16)17/h5-7H,4H2,1-3H3. The van der Waals surface area contributed by atoms with E-state index in [0.29, 0.717) is 12.0 Å². The Morgan fingerprint density at radius 1 is 1.18 bits per heavy atom. The molecule has 0 saturated carbocycles. The molecule has 0 bridgehead atoms. The highest BCUT2D eigenvalue weighted by molar-refractivity contribution is 5.51. The van der Waals surface area contributed by atoms with Gasteiger partial charge in [0.15, 0.2) is 0 Å². The lowest BCUT2D eigenvalue weighted by atomic mass is 9.81. The molecule has 0 atom stereocenters. The van der Waals surface area contributed by atoms with E-state index in [1.54, 1.807) is 0 Å². The quantitative estimate of drug-likeness (QED) is 0.595. The maximum Gasteiger partial charge on any atom is 0.280 e. The Bertz CT molecular complexity index is 469. The third-order valence-electron chi connectivity index (χ3n) is 3.00. The predicted octanol–water partition coefficient (Wildman–Crippen LogP) is 3.19. The Balaban J connectivity index is 3.42. The lowest BCUT2D eigenvalue weighted by Crippen LogP contribution is -2.17. The summed E-state index contributed by atoms with van der Waals surface area (Å²) in [7, 11) is 0. The van der Waals surface area contributed by atoms with Crippen LogP contribution in [0.15, 0.2) is 18.2 Å². The first-order chi connectivity index (χ1) is 7.79. The van der Waals surface area contributed by atoms with Crippen molar-refractivity contribution in [3.63, 3.8) is 0 Å². The zero-order valence-corrected chi connectivity index (χ0v) is 9.97. The van der Waals surface area contributed by atoms with Crippen molar-refractivity contribution in [2.24, 2.45) is 0 Å². The van der Waals surface area contributed by atoms with Crippen LogP contribution in [0.3, 0.4) is 0 Å². The number of rotatable bonds is 4. The summed E-state index contributed by atoms with van der Waals surface area (Å²) in [6, 6.07) is 3.80. The van der Waals surface area contributed by atoms with Crippen LogP contribution in [0.2, 0.25) is 0 Å². The van der Waals surface area contributed by atoms with E-state index in [4.69, 9.17) is 0 Å². The van der Waals surface area contributed by atoms with E-state index in [9.17, 15) is 20.2 Å². The van der Waals surface area contributed by atoms with Gasteiger partial charge < -0.3 is 0 Å². The fourth-order valence-electron chi connectivity index (χ4n) is 1.55. The zero-order valence-electron chi connectivity index (χ0n) is 9.97. The molecule has 6 heteroatoms. The number of non-ortho nitro benzene ring substituents is 1. The Hall–Kier alpha value is -1.98. The predicted molar refractivity (Wildman–Crippen MR) is 63.1 cm³/mol. The average Bonchev–Trinajstić information content (AvgIpc) is 2.28. The smallest absolute Gasteiger partial charge is 0.258 e. The summed E-state index contributed by atoms with van der Waals surface area (Å²) in [5.41, 5.74) is -0.300. The van der Waals surface area contributed by atoms with Gasteiger partial charge >= 0.3 is 0 Å². The number of hydrogen-bond donors (Lipinski definition) is 0. The van der Waals surface area contributed by atoms with E-state index in [-0.39, 0.29) is 16.8 Å². The van der Waals surface area contributed by atoms with Crippen molar-refractivity contribution in [3.8, 4) is 0 Å². The number of nitro benzene ring substituents is 2. The maximum absolute atomic E-state index is 10.9. The Morgan fingerprint density at radius 2 is 1.76 bits per heavy atom. The zero-order chi connectivity index (χ0) is 13.2. The topological polar surface area (TPSA) is 86.3 Å². The fourth-order valence-corrected chi connectivity index (χ4v) is 1.55. The first-order valence-electron chi connectivity index (χ1n) is 5.23. The van der Waals surface area contributed by atoms with Crippen LogP contribution in [0.4, 0.5) is 11.4 Å². The molecule has 0 saturated heterocycles. The summed E-state index contributed by atoms with van der Waals surface area (Å²) < 4.78 is 0. The van der Waals surface area contributed by atoms with Crippen molar-refractivity contribution in [1.82, 2.24) is 0 Å². The molecule has 92 valence electrons. The molecule has 0 aliphatic heterocycles. The van der Waals surface area contributed by atoms with Crippen LogP contribution in [-0.4, -0.2) is 9.85 Å². The van der Waals surface area contributed by atoms with Crippen LogP contribution in [-0.2, 0) is 5.41 Å². The van der Waals surface area contributed by atoms with Gasteiger partial charge in [-0.1, -0.05) is 20.8 Å². The first kappa shape index (κ1) is 13.1. The molecule has 0 aromatic heterocycles. The van der Waals surface area contributed by atoms with Gasteiger partial charge in [-0.25, -0.2) is 0 Å². The number of hydrogen-bond acceptors (Lipinski definition) is 4. The summed E-state index contributed by atoms with van der Waals surface area (Å²) >= 11 is 0. The second kappa shape index (κ2) is 4.48. The lowest BCUT2D eigenvalue weighted by Gasteiger charge is -2.22. The van der Waals surface area contributed by atoms with E-state index < -0.39 is 9.85 Å². The molecule has 0 fully saturated rings. The minimum Gasteiger partial charge on any atom is -0.258 e. The molecule has 0 radical (unpaired) electrons. The van der Waals surface area contributed by atoms with Gasteiger partial charge in [-0.15, -0.1) is 0 Å². The first-order valence-corrected chi connectivity index (χ1v) is 5.23. The van der Waals surface area contributed by atoms with E-state index in [1.165, 1.54) is 12.1 Å². The van der Waals surface area contributed by atoms with Gasteiger partial charge in [-0.05, 0) is 17.9 Å². The van der Waals surface area contributed by atoms with Crippen molar-refractivity contribution in [1.29, 1.82) is 0 Å². The highest BCUT2D eigenvalue weighted by Crippen LogP contribution is 2.35. The molecule has 0 N–H and O–H groups in total. The summed E-state index contributed by atoms with van der Waals surface area (Å²) in [5, 5.41) is 21.5. The van der Waals surface area contributed by atoms with Gasteiger partial charge in [-0.3, -0.25) is 20.2 Å². The van der Waals surface area contributed by atoms with Gasteiger partial charge in [0.25, 0.3) is 11.4 Å². The van der Waals surface area contributed by atoms with E-state index in [0.717, 1.165) is 6.07 Å². The molecule has 0 heterocycles. The Labute approximate surface area is 98.6 Å². The van der Waals surface area contributed by atoms with Crippen LogP contribution >= 0.6 is 0 Å². The summed E-state index contributed by atoms with van der Waals surface area (Å²) in [6.45, 7) is 5.67. The number of nitrogens with zero attached hydrogens (tertiary/aromatic N) is 2. The summed E-state index contributed by atoms with van der Waals surface area (Å²) in [4.78, 5) is 20.3. The normalized spacial score (nSPS) is 11.2. The van der Waals surface area contributed by atoms with Gasteiger partial charge in [0, 0.05) is 11.6 Å². The maximum atomic E-state index is 10.9. The third-order valence-corrected chi connectivity index (χ3v) is 3.00. The minimum absolute atomic E-state index is 0.189. The van der Waals surface area contributed by atoms with Gasteiger partial charge in [0.1, 0.15) is 0 Å². The molecule has 0 aliphatic rings.